The highest BCUT2D eigenvalue weighted by molar-refractivity contribution is 5.73. The van der Waals surface area contributed by atoms with E-state index in [0.717, 1.165) is 5.57 Å². The molecule has 0 radical (unpaired) electrons. The largest absolute Gasteiger partial charge is 0.478 e. The van der Waals surface area contributed by atoms with Crippen LogP contribution >= 0.6 is 0 Å². The lowest BCUT2D eigenvalue weighted by Gasteiger charge is -2.05. The van der Waals surface area contributed by atoms with Crippen LogP contribution < -0.4 is 0 Å². The summed E-state index contributed by atoms with van der Waals surface area (Å²) < 4.78 is 5.17. The first kappa shape index (κ1) is 7.79. The van der Waals surface area contributed by atoms with Crippen molar-refractivity contribution in [1.29, 1.82) is 0 Å². The highest BCUT2D eigenvalue weighted by Crippen LogP contribution is 2.21. The molecule has 58 valence electrons. The van der Waals surface area contributed by atoms with Gasteiger partial charge in [-0.05, 0) is 24.6 Å². The molecule has 1 heterocycles. The van der Waals surface area contributed by atoms with Gasteiger partial charge in [-0.1, -0.05) is 12.7 Å². The molecular formula is C9H10O2. The van der Waals surface area contributed by atoms with E-state index in [9.17, 15) is 4.79 Å². The second-order valence-electron chi connectivity index (χ2n) is 2.23. The first-order valence-corrected chi connectivity index (χ1v) is 3.44. The second-order valence-corrected chi connectivity index (χ2v) is 2.23. The maximum absolute atomic E-state index is 10.3. The normalized spacial score (nSPS) is 26.1. The Morgan fingerprint density at radius 2 is 2.45 bits per heavy atom. The third kappa shape index (κ3) is 1.40. The molecule has 0 aliphatic carbocycles. The van der Waals surface area contributed by atoms with Crippen LogP contribution in [-0.4, -0.2) is 12.4 Å². The monoisotopic (exact) mass is 150 g/mol. The summed E-state index contributed by atoms with van der Waals surface area (Å²) in [5.41, 5.74) is 0.988. The van der Waals surface area contributed by atoms with Crippen molar-refractivity contribution < 1.29 is 9.53 Å². The van der Waals surface area contributed by atoms with Gasteiger partial charge in [-0.15, -0.1) is 0 Å². The molecule has 0 aromatic heterocycles. The van der Waals surface area contributed by atoms with Gasteiger partial charge in [-0.3, -0.25) is 4.79 Å². The predicted molar refractivity (Wildman–Crippen MR) is 43.0 cm³/mol. The van der Waals surface area contributed by atoms with Gasteiger partial charge in [-0.25, -0.2) is 0 Å². The second kappa shape index (κ2) is 3.19. The van der Waals surface area contributed by atoms with Crippen LogP contribution in [0.25, 0.3) is 0 Å². The van der Waals surface area contributed by atoms with Crippen LogP contribution in [-0.2, 0) is 9.53 Å². The van der Waals surface area contributed by atoms with E-state index in [1.54, 1.807) is 12.2 Å². The molecular weight excluding hydrogens is 140 g/mol. The zero-order chi connectivity index (χ0) is 8.27. The summed E-state index contributed by atoms with van der Waals surface area (Å²) in [6, 6.07) is 0. The van der Waals surface area contributed by atoms with Crippen molar-refractivity contribution in [3.05, 3.63) is 36.1 Å². The smallest absolute Gasteiger partial charge is 0.184 e. The molecule has 11 heavy (non-hydrogen) atoms. The number of aldehydes is 1. The fourth-order valence-corrected chi connectivity index (χ4v) is 0.989. The van der Waals surface area contributed by atoms with Gasteiger partial charge in [0, 0.05) is 0 Å². The Morgan fingerprint density at radius 1 is 1.73 bits per heavy atom. The summed E-state index contributed by atoms with van der Waals surface area (Å²) in [6.45, 7) is 5.50. The summed E-state index contributed by atoms with van der Waals surface area (Å²) in [6.07, 6.45) is 5.86. The van der Waals surface area contributed by atoms with Crippen LogP contribution in [0.5, 0.6) is 0 Å². The minimum atomic E-state index is -0.139. The lowest BCUT2D eigenvalue weighted by molar-refractivity contribution is -0.107. The molecule has 0 saturated carbocycles. The van der Waals surface area contributed by atoms with Crippen LogP contribution in [0.3, 0.4) is 0 Å². The SMILES string of the molecule is C=CC1OC(C=O)=C/C1=C/C. The van der Waals surface area contributed by atoms with E-state index in [1.807, 2.05) is 13.0 Å². The molecule has 1 aliphatic rings. The summed E-state index contributed by atoms with van der Waals surface area (Å²) in [5.74, 6) is 0.378. The summed E-state index contributed by atoms with van der Waals surface area (Å²) in [5, 5.41) is 0. The molecule has 1 atom stereocenters. The molecule has 1 unspecified atom stereocenters. The summed E-state index contributed by atoms with van der Waals surface area (Å²) in [7, 11) is 0. The predicted octanol–water partition coefficient (Wildman–Crippen LogP) is 1.60. The quantitative estimate of drug-likeness (QED) is 0.441. The van der Waals surface area contributed by atoms with Crippen molar-refractivity contribution in [1.82, 2.24) is 0 Å². The van der Waals surface area contributed by atoms with Crippen molar-refractivity contribution in [3.63, 3.8) is 0 Å². The molecule has 0 spiro atoms. The van der Waals surface area contributed by atoms with Gasteiger partial charge in [0.25, 0.3) is 0 Å². The zero-order valence-corrected chi connectivity index (χ0v) is 6.41. The Balaban J connectivity index is 2.84. The Hall–Kier alpha value is -1.31. The number of carbonyl (C=O) groups excluding carboxylic acids is 1. The van der Waals surface area contributed by atoms with Crippen molar-refractivity contribution >= 4 is 6.29 Å². The van der Waals surface area contributed by atoms with Crippen LogP contribution in [0.4, 0.5) is 0 Å². The van der Waals surface area contributed by atoms with Gasteiger partial charge in [0.2, 0.25) is 0 Å². The molecule has 0 amide bonds. The van der Waals surface area contributed by atoms with Gasteiger partial charge >= 0.3 is 0 Å². The maximum Gasteiger partial charge on any atom is 0.184 e. The van der Waals surface area contributed by atoms with Gasteiger partial charge in [0.1, 0.15) is 6.10 Å². The number of ether oxygens (including phenoxy) is 1. The highest BCUT2D eigenvalue weighted by atomic mass is 16.5. The lowest BCUT2D eigenvalue weighted by Crippen LogP contribution is -2.03. The fourth-order valence-electron chi connectivity index (χ4n) is 0.989. The van der Waals surface area contributed by atoms with Crippen molar-refractivity contribution in [2.24, 2.45) is 0 Å². The molecule has 0 N–H and O–H groups in total. The van der Waals surface area contributed by atoms with Gasteiger partial charge in [0.05, 0.1) is 0 Å². The first-order chi connectivity index (χ1) is 5.31. The standard InChI is InChI=1S/C9H10O2/c1-3-7-5-8(6-10)11-9(7)4-2/h3-6,9H,2H2,1H3/b7-3-. The molecule has 2 nitrogen and oxygen atoms in total. The lowest BCUT2D eigenvalue weighted by atomic mass is 10.1. The van der Waals surface area contributed by atoms with E-state index in [0.29, 0.717) is 12.0 Å². The van der Waals surface area contributed by atoms with E-state index in [4.69, 9.17) is 4.74 Å². The molecule has 0 aromatic rings. The molecule has 0 saturated heterocycles. The van der Waals surface area contributed by atoms with E-state index in [1.165, 1.54) is 0 Å². The average Bonchev–Trinajstić information content (AvgIpc) is 2.46. The average molecular weight is 150 g/mol. The Labute approximate surface area is 65.9 Å². The van der Waals surface area contributed by atoms with Crippen LogP contribution in [0, 0.1) is 0 Å². The van der Waals surface area contributed by atoms with E-state index in [2.05, 4.69) is 6.58 Å². The van der Waals surface area contributed by atoms with E-state index in [-0.39, 0.29) is 6.10 Å². The van der Waals surface area contributed by atoms with Gasteiger partial charge in [-0.2, -0.15) is 0 Å². The molecule has 2 heteroatoms. The number of allylic oxidation sites excluding steroid dienone is 2. The minimum absolute atomic E-state index is 0.139. The van der Waals surface area contributed by atoms with Gasteiger partial charge < -0.3 is 4.74 Å². The van der Waals surface area contributed by atoms with Gasteiger partial charge in [0.15, 0.2) is 12.0 Å². The number of rotatable bonds is 2. The van der Waals surface area contributed by atoms with Crippen LogP contribution in [0.15, 0.2) is 36.1 Å². The Kier molecular flexibility index (Phi) is 2.26. The van der Waals surface area contributed by atoms with Crippen molar-refractivity contribution in [2.45, 2.75) is 13.0 Å². The maximum atomic E-state index is 10.3. The third-order valence-corrected chi connectivity index (χ3v) is 1.56. The van der Waals surface area contributed by atoms with Crippen LogP contribution in [0.1, 0.15) is 6.92 Å². The number of hydrogen-bond donors (Lipinski definition) is 0. The Morgan fingerprint density at radius 3 is 2.82 bits per heavy atom. The number of carbonyl (C=O) groups is 1. The first-order valence-electron chi connectivity index (χ1n) is 3.44. The fraction of sp³-hybridized carbons (Fsp3) is 0.222. The minimum Gasteiger partial charge on any atom is -0.478 e. The highest BCUT2D eigenvalue weighted by Gasteiger charge is 2.18. The van der Waals surface area contributed by atoms with E-state index >= 15 is 0 Å². The summed E-state index contributed by atoms with van der Waals surface area (Å²) >= 11 is 0. The third-order valence-electron chi connectivity index (χ3n) is 1.56. The summed E-state index contributed by atoms with van der Waals surface area (Å²) in [4.78, 5) is 10.3. The van der Waals surface area contributed by atoms with Crippen molar-refractivity contribution in [2.75, 3.05) is 0 Å². The molecule has 1 aliphatic heterocycles. The molecule has 0 fully saturated rings. The zero-order valence-electron chi connectivity index (χ0n) is 6.41. The molecule has 0 bridgehead atoms. The Bertz CT molecular complexity index is 236. The topological polar surface area (TPSA) is 26.3 Å². The number of hydrogen-bond acceptors (Lipinski definition) is 2. The molecule has 1 rings (SSSR count). The van der Waals surface area contributed by atoms with E-state index < -0.39 is 0 Å². The van der Waals surface area contributed by atoms with Crippen LogP contribution in [0.2, 0.25) is 0 Å². The molecule has 0 aromatic carbocycles. The van der Waals surface area contributed by atoms with Crippen molar-refractivity contribution in [3.8, 4) is 0 Å².